The van der Waals surface area contributed by atoms with Gasteiger partial charge in [0.15, 0.2) is 0 Å². The van der Waals surface area contributed by atoms with Crippen LogP contribution in [-0.4, -0.2) is 31.8 Å². The number of nitrogens with two attached hydrogens (primary N) is 1. The fourth-order valence-corrected chi connectivity index (χ4v) is 1.70. The first-order chi connectivity index (χ1) is 5.99. The molecule has 78 valence electrons. The molecule has 1 aliphatic heterocycles. The van der Waals surface area contributed by atoms with Crippen molar-refractivity contribution in [1.29, 1.82) is 0 Å². The Morgan fingerprint density at radius 1 is 1.54 bits per heavy atom. The number of hydrogen-bond donors (Lipinski definition) is 2. The monoisotopic (exact) mass is 186 g/mol. The predicted octanol–water partition coefficient (Wildman–Crippen LogP) is 0.738. The van der Waals surface area contributed by atoms with Crippen molar-refractivity contribution in [3.8, 4) is 0 Å². The van der Waals surface area contributed by atoms with Crippen molar-refractivity contribution in [1.82, 2.24) is 5.32 Å². The Morgan fingerprint density at radius 3 is 2.69 bits per heavy atom. The lowest BCUT2D eigenvalue weighted by Crippen LogP contribution is -2.49. The molecule has 0 aromatic carbocycles. The van der Waals surface area contributed by atoms with Gasteiger partial charge in [0.1, 0.15) is 0 Å². The van der Waals surface area contributed by atoms with Crippen molar-refractivity contribution in [2.45, 2.75) is 39.3 Å². The Bertz CT molecular complexity index is 147. The SMILES string of the molecule is CC(C)(C)C[C@@H](N)C1CNCCO1. The quantitative estimate of drug-likeness (QED) is 0.668. The van der Waals surface area contributed by atoms with Gasteiger partial charge in [-0.3, -0.25) is 0 Å². The van der Waals surface area contributed by atoms with Gasteiger partial charge in [-0.15, -0.1) is 0 Å². The molecule has 0 spiro atoms. The molecule has 2 atom stereocenters. The molecular weight excluding hydrogens is 164 g/mol. The molecule has 0 bridgehead atoms. The van der Waals surface area contributed by atoms with E-state index in [-0.39, 0.29) is 12.1 Å². The lowest BCUT2D eigenvalue weighted by Gasteiger charge is -2.32. The standard InChI is InChI=1S/C10H22N2O/c1-10(2,3)6-8(11)9-7-12-4-5-13-9/h8-9,12H,4-7,11H2,1-3H3/t8-,9?/m1/s1. The van der Waals surface area contributed by atoms with E-state index in [1.54, 1.807) is 0 Å². The highest BCUT2D eigenvalue weighted by Crippen LogP contribution is 2.22. The van der Waals surface area contributed by atoms with Crippen LogP contribution in [-0.2, 0) is 4.74 Å². The van der Waals surface area contributed by atoms with E-state index in [1.165, 1.54) is 0 Å². The van der Waals surface area contributed by atoms with Crippen LogP contribution in [0.5, 0.6) is 0 Å². The van der Waals surface area contributed by atoms with Gasteiger partial charge in [-0.1, -0.05) is 20.8 Å². The van der Waals surface area contributed by atoms with Gasteiger partial charge in [-0.25, -0.2) is 0 Å². The first-order valence-corrected chi connectivity index (χ1v) is 5.07. The minimum absolute atomic E-state index is 0.160. The van der Waals surface area contributed by atoms with Crippen LogP contribution in [0.15, 0.2) is 0 Å². The van der Waals surface area contributed by atoms with Gasteiger partial charge < -0.3 is 15.8 Å². The van der Waals surface area contributed by atoms with Crippen molar-refractivity contribution in [2.24, 2.45) is 11.1 Å². The summed E-state index contributed by atoms with van der Waals surface area (Å²) in [6, 6.07) is 0.160. The molecule has 0 amide bonds. The van der Waals surface area contributed by atoms with Crippen LogP contribution in [0.3, 0.4) is 0 Å². The van der Waals surface area contributed by atoms with Crippen LogP contribution >= 0.6 is 0 Å². The zero-order valence-corrected chi connectivity index (χ0v) is 8.97. The minimum atomic E-state index is 0.160. The van der Waals surface area contributed by atoms with Gasteiger partial charge in [-0.2, -0.15) is 0 Å². The van der Waals surface area contributed by atoms with Crippen molar-refractivity contribution < 1.29 is 4.74 Å². The van der Waals surface area contributed by atoms with E-state index in [0.717, 1.165) is 26.1 Å². The maximum atomic E-state index is 6.07. The highest BCUT2D eigenvalue weighted by atomic mass is 16.5. The smallest absolute Gasteiger partial charge is 0.0850 e. The third-order valence-electron chi connectivity index (χ3n) is 2.28. The summed E-state index contributed by atoms with van der Waals surface area (Å²) in [4.78, 5) is 0. The summed E-state index contributed by atoms with van der Waals surface area (Å²) in [6.45, 7) is 9.29. The Morgan fingerprint density at radius 2 is 2.23 bits per heavy atom. The second kappa shape index (κ2) is 4.40. The molecule has 0 aromatic heterocycles. The van der Waals surface area contributed by atoms with Crippen molar-refractivity contribution in [3.63, 3.8) is 0 Å². The first kappa shape index (κ1) is 11.0. The topological polar surface area (TPSA) is 47.3 Å². The molecule has 3 N–H and O–H groups in total. The first-order valence-electron chi connectivity index (χ1n) is 5.07. The van der Waals surface area contributed by atoms with Crippen LogP contribution in [0.1, 0.15) is 27.2 Å². The van der Waals surface area contributed by atoms with Crippen molar-refractivity contribution >= 4 is 0 Å². The molecule has 1 fully saturated rings. The van der Waals surface area contributed by atoms with E-state index < -0.39 is 0 Å². The zero-order valence-electron chi connectivity index (χ0n) is 8.97. The second-order valence-corrected chi connectivity index (χ2v) is 5.04. The molecule has 0 radical (unpaired) electrons. The van der Waals surface area contributed by atoms with Gasteiger partial charge in [0.25, 0.3) is 0 Å². The highest BCUT2D eigenvalue weighted by Gasteiger charge is 2.25. The molecule has 1 rings (SSSR count). The molecule has 3 heteroatoms. The molecule has 1 unspecified atom stereocenters. The van der Waals surface area contributed by atoms with Crippen molar-refractivity contribution in [2.75, 3.05) is 19.7 Å². The summed E-state index contributed by atoms with van der Waals surface area (Å²) in [5.74, 6) is 0. The fraction of sp³-hybridized carbons (Fsp3) is 1.00. The predicted molar refractivity (Wildman–Crippen MR) is 54.7 cm³/mol. The molecule has 3 nitrogen and oxygen atoms in total. The van der Waals surface area contributed by atoms with E-state index in [4.69, 9.17) is 10.5 Å². The third kappa shape index (κ3) is 4.07. The van der Waals surface area contributed by atoms with Gasteiger partial charge >= 0.3 is 0 Å². The van der Waals surface area contributed by atoms with Crippen LogP contribution in [0.25, 0.3) is 0 Å². The molecule has 13 heavy (non-hydrogen) atoms. The number of rotatable bonds is 2. The molecule has 0 saturated carbocycles. The molecule has 1 heterocycles. The van der Waals surface area contributed by atoms with Crippen LogP contribution in [0, 0.1) is 5.41 Å². The summed E-state index contributed by atoms with van der Waals surface area (Å²) in [5.41, 5.74) is 6.36. The van der Waals surface area contributed by atoms with E-state index >= 15 is 0 Å². The summed E-state index contributed by atoms with van der Waals surface area (Å²) >= 11 is 0. The maximum absolute atomic E-state index is 6.07. The molecule has 1 saturated heterocycles. The van der Waals surface area contributed by atoms with E-state index in [0.29, 0.717) is 5.41 Å². The van der Waals surface area contributed by atoms with Crippen LogP contribution in [0.2, 0.25) is 0 Å². The number of ether oxygens (including phenoxy) is 1. The fourth-order valence-electron chi connectivity index (χ4n) is 1.70. The van der Waals surface area contributed by atoms with Gasteiger partial charge in [-0.05, 0) is 11.8 Å². The average Bonchev–Trinajstić information content (AvgIpc) is 2.03. The van der Waals surface area contributed by atoms with Gasteiger partial charge in [0.2, 0.25) is 0 Å². The Kier molecular flexibility index (Phi) is 3.71. The Labute approximate surface area is 81.0 Å². The lowest BCUT2D eigenvalue weighted by molar-refractivity contribution is 0.00478. The third-order valence-corrected chi connectivity index (χ3v) is 2.28. The largest absolute Gasteiger partial charge is 0.374 e. The summed E-state index contributed by atoms with van der Waals surface area (Å²) in [6.07, 6.45) is 1.22. The summed E-state index contributed by atoms with van der Waals surface area (Å²) in [7, 11) is 0. The second-order valence-electron chi connectivity index (χ2n) is 5.04. The van der Waals surface area contributed by atoms with E-state index in [1.807, 2.05) is 0 Å². The maximum Gasteiger partial charge on any atom is 0.0850 e. The van der Waals surface area contributed by atoms with Crippen molar-refractivity contribution in [3.05, 3.63) is 0 Å². The lowest BCUT2D eigenvalue weighted by atomic mass is 9.86. The number of hydrogen-bond acceptors (Lipinski definition) is 3. The van der Waals surface area contributed by atoms with Gasteiger partial charge in [0, 0.05) is 19.1 Å². The highest BCUT2D eigenvalue weighted by molar-refractivity contribution is 4.82. The molecule has 1 aliphatic rings. The van der Waals surface area contributed by atoms with Crippen LogP contribution < -0.4 is 11.1 Å². The average molecular weight is 186 g/mol. The minimum Gasteiger partial charge on any atom is -0.374 e. The van der Waals surface area contributed by atoms with E-state index in [2.05, 4.69) is 26.1 Å². The Hall–Kier alpha value is -0.120. The normalized spacial score (nSPS) is 27.2. The molecular formula is C10H22N2O. The molecule has 0 aromatic rings. The summed E-state index contributed by atoms with van der Waals surface area (Å²) in [5, 5.41) is 3.30. The Balaban J connectivity index is 2.33. The summed E-state index contributed by atoms with van der Waals surface area (Å²) < 4.78 is 5.60. The number of morpholine rings is 1. The number of nitrogens with one attached hydrogen (secondary N) is 1. The van der Waals surface area contributed by atoms with Crippen LogP contribution in [0.4, 0.5) is 0 Å². The zero-order chi connectivity index (χ0) is 9.90. The van der Waals surface area contributed by atoms with E-state index in [9.17, 15) is 0 Å². The molecule has 0 aliphatic carbocycles. The van der Waals surface area contributed by atoms with Gasteiger partial charge in [0.05, 0.1) is 12.7 Å².